The second kappa shape index (κ2) is 10.2. The van der Waals surface area contributed by atoms with Crippen LogP contribution in [0.1, 0.15) is 39.0 Å². The van der Waals surface area contributed by atoms with Crippen molar-refractivity contribution in [1.82, 2.24) is 9.80 Å². The van der Waals surface area contributed by atoms with Crippen LogP contribution in [-0.4, -0.2) is 61.4 Å². The highest BCUT2D eigenvalue weighted by Gasteiger charge is 2.23. The second-order valence-electron chi connectivity index (χ2n) is 6.88. The van der Waals surface area contributed by atoms with Crippen molar-refractivity contribution in [2.75, 3.05) is 39.1 Å². The first-order valence-corrected chi connectivity index (χ1v) is 9.45. The number of anilines is 1. The van der Waals surface area contributed by atoms with Gasteiger partial charge in [0.2, 0.25) is 11.8 Å². The molecule has 1 fully saturated rings. The fraction of sp³-hybridized carbons (Fsp3) is 0.600. The predicted molar refractivity (Wildman–Crippen MR) is 103 cm³/mol. The lowest BCUT2D eigenvalue weighted by Crippen LogP contribution is -2.45. The molecule has 1 saturated carbocycles. The summed E-state index contributed by atoms with van der Waals surface area (Å²) < 4.78 is 5.16. The van der Waals surface area contributed by atoms with E-state index in [1.807, 2.05) is 42.0 Å². The van der Waals surface area contributed by atoms with Crippen molar-refractivity contribution in [3.05, 3.63) is 24.3 Å². The maximum absolute atomic E-state index is 12.6. The van der Waals surface area contributed by atoms with Gasteiger partial charge in [-0.25, -0.2) is 0 Å². The van der Waals surface area contributed by atoms with E-state index >= 15 is 0 Å². The van der Waals surface area contributed by atoms with Gasteiger partial charge in [0, 0.05) is 24.8 Å². The van der Waals surface area contributed by atoms with E-state index in [1.165, 1.54) is 19.3 Å². The number of hydrogen-bond donors (Lipinski definition) is 1. The van der Waals surface area contributed by atoms with Gasteiger partial charge in [0.1, 0.15) is 5.75 Å². The van der Waals surface area contributed by atoms with Crippen LogP contribution in [0, 0.1) is 0 Å². The summed E-state index contributed by atoms with van der Waals surface area (Å²) in [6.07, 6.45) is 5.84. The van der Waals surface area contributed by atoms with Gasteiger partial charge < -0.3 is 15.0 Å². The van der Waals surface area contributed by atoms with Gasteiger partial charge in [0.15, 0.2) is 0 Å². The molecule has 144 valence electrons. The van der Waals surface area contributed by atoms with Crippen LogP contribution in [0.15, 0.2) is 24.3 Å². The van der Waals surface area contributed by atoms with Gasteiger partial charge in [-0.15, -0.1) is 0 Å². The van der Waals surface area contributed by atoms with Crippen LogP contribution < -0.4 is 10.1 Å². The normalized spacial score (nSPS) is 14.9. The van der Waals surface area contributed by atoms with Crippen molar-refractivity contribution in [2.45, 2.75) is 45.1 Å². The molecule has 1 aromatic carbocycles. The second-order valence-corrected chi connectivity index (χ2v) is 6.88. The van der Waals surface area contributed by atoms with E-state index < -0.39 is 0 Å². The summed E-state index contributed by atoms with van der Waals surface area (Å²) in [7, 11) is 3.48. The molecule has 0 spiro atoms. The predicted octanol–water partition coefficient (Wildman–Crippen LogP) is 2.75. The molecule has 0 aromatic heterocycles. The Morgan fingerprint density at radius 2 is 1.92 bits per heavy atom. The fourth-order valence-electron chi connectivity index (χ4n) is 3.36. The molecule has 0 radical (unpaired) electrons. The number of nitrogens with zero attached hydrogens (tertiary/aromatic N) is 2. The van der Waals surface area contributed by atoms with E-state index in [0.29, 0.717) is 24.0 Å². The van der Waals surface area contributed by atoms with Crippen molar-refractivity contribution in [3.8, 4) is 5.75 Å². The molecule has 0 aliphatic heterocycles. The molecule has 0 atom stereocenters. The van der Waals surface area contributed by atoms with Gasteiger partial charge in [0.25, 0.3) is 0 Å². The number of amides is 2. The Labute approximate surface area is 156 Å². The van der Waals surface area contributed by atoms with E-state index in [2.05, 4.69) is 5.32 Å². The molecule has 0 unspecified atom stereocenters. The summed E-state index contributed by atoms with van der Waals surface area (Å²) in [5.41, 5.74) is 0.691. The number of likely N-dealkylation sites (N-methyl/N-ethyl adjacent to an activating group) is 2. The standard InChI is InChI=1S/C20H31N3O3/c1-4-23(15-20(25)22(2)17-10-6-5-7-11-17)14-19(24)21-16-9-8-12-18(13-16)26-3/h8-9,12-13,17H,4-7,10-11,14-15H2,1-3H3,(H,21,24). The van der Waals surface area contributed by atoms with Gasteiger partial charge in [-0.2, -0.15) is 0 Å². The Bertz CT molecular complexity index is 600. The lowest BCUT2D eigenvalue weighted by molar-refractivity contribution is -0.134. The lowest BCUT2D eigenvalue weighted by Gasteiger charge is -2.32. The van der Waals surface area contributed by atoms with Crippen LogP contribution in [0.2, 0.25) is 0 Å². The van der Waals surface area contributed by atoms with Crippen molar-refractivity contribution in [2.24, 2.45) is 0 Å². The molecule has 6 nitrogen and oxygen atoms in total. The molecule has 2 rings (SSSR count). The van der Waals surface area contributed by atoms with E-state index in [9.17, 15) is 9.59 Å². The molecule has 26 heavy (non-hydrogen) atoms. The molecule has 6 heteroatoms. The summed E-state index contributed by atoms with van der Waals surface area (Å²) in [5.74, 6) is 0.653. The Balaban J connectivity index is 1.85. The summed E-state index contributed by atoms with van der Waals surface area (Å²) >= 11 is 0. The molecular formula is C20H31N3O3. The minimum absolute atomic E-state index is 0.0907. The van der Waals surface area contributed by atoms with E-state index in [0.717, 1.165) is 12.8 Å². The number of carbonyl (C=O) groups is 2. The number of nitrogens with one attached hydrogen (secondary N) is 1. The number of methoxy groups -OCH3 is 1. The highest BCUT2D eigenvalue weighted by atomic mass is 16.5. The molecule has 0 heterocycles. The van der Waals surface area contributed by atoms with E-state index in [1.54, 1.807) is 13.2 Å². The van der Waals surface area contributed by atoms with Gasteiger partial charge in [0.05, 0.1) is 20.2 Å². The largest absolute Gasteiger partial charge is 0.497 e. The van der Waals surface area contributed by atoms with Crippen LogP contribution >= 0.6 is 0 Å². The van der Waals surface area contributed by atoms with Crippen molar-refractivity contribution >= 4 is 17.5 Å². The number of carbonyl (C=O) groups excluding carboxylic acids is 2. The number of ether oxygens (including phenoxy) is 1. The molecule has 1 aliphatic carbocycles. The molecule has 2 amide bonds. The Morgan fingerprint density at radius 3 is 2.58 bits per heavy atom. The zero-order valence-corrected chi connectivity index (χ0v) is 16.2. The maximum Gasteiger partial charge on any atom is 0.238 e. The monoisotopic (exact) mass is 361 g/mol. The first kappa shape index (κ1) is 20.2. The highest BCUT2D eigenvalue weighted by molar-refractivity contribution is 5.92. The minimum Gasteiger partial charge on any atom is -0.497 e. The van der Waals surface area contributed by atoms with Crippen LogP contribution in [0.4, 0.5) is 5.69 Å². The quantitative estimate of drug-likeness (QED) is 0.773. The fourth-order valence-corrected chi connectivity index (χ4v) is 3.36. The van der Waals surface area contributed by atoms with Crippen LogP contribution in [0.5, 0.6) is 5.75 Å². The van der Waals surface area contributed by atoms with Gasteiger partial charge >= 0.3 is 0 Å². The molecule has 0 saturated heterocycles. The van der Waals surface area contributed by atoms with Gasteiger partial charge in [-0.3, -0.25) is 14.5 Å². The van der Waals surface area contributed by atoms with Gasteiger partial charge in [-0.1, -0.05) is 32.3 Å². The highest BCUT2D eigenvalue weighted by Crippen LogP contribution is 2.21. The molecule has 1 N–H and O–H groups in total. The first-order chi connectivity index (χ1) is 12.5. The number of rotatable bonds is 8. The average Bonchev–Trinajstić information content (AvgIpc) is 2.67. The molecule has 1 aromatic rings. The average molecular weight is 361 g/mol. The number of benzene rings is 1. The van der Waals surface area contributed by atoms with Crippen LogP contribution in [0.25, 0.3) is 0 Å². The zero-order chi connectivity index (χ0) is 18.9. The maximum atomic E-state index is 12.6. The third-order valence-corrected chi connectivity index (χ3v) is 5.04. The van der Waals surface area contributed by atoms with Crippen molar-refractivity contribution < 1.29 is 14.3 Å². The smallest absolute Gasteiger partial charge is 0.238 e. The molecular weight excluding hydrogens is 330 g/mol. The SMILES string of the molecule is CCN(CC(=O)Nc1cccc(OC)c1)CC(=O)N(C)C1CCCCC1. The lowest BCUT2D eigenvalue weighted by atomic mass is 9.94. The van der Waals surface area contributed by atoms with Crippen molar-refractivity contribution in [1.29, 1.82) is 0 Å². The zero-order valence-electron chi connectivity index (χ0n) is 16.2. The molecule has 0 bridgehead atoms. The number of hydrogen-bond acceptors (Lipinski definition) is 4. The van der Waals surface area contributed by atoms with E-state index in [-0.39, 0.29) is 24.9 Å². The van der Waals surface area contributed by atoms with Gasteiger partial charge in [-0.05, 0) is 31.5 Å². The van der Waals surface area contributed by atoms with Crippen LogP contribution in [-0.2, 0) is 9.59 Å². The summed E-state index contributed by atoms with van der Waals surface area (Å²) in [6.45, 7) is 3.08. The summed E-state index contributed by atoms with van der Waals surface area (Å²) in [5, 5.41) is 2.86. The Hall–Kier alpha value is -2.08. The third kappa shape index (κ3) is 6.02. The topological polar surface area (TPSA) is 61.9 Å². The summed E-state index contributed by atoms with van der Waals surface area (Å²) in [6, 6.07) is 7.60. The minimum atomic E-state index is -0.131. The van der Waals surface area contributed by atoms with Crippen molar-refractivity contribution in [3.63, 3.8) is 0 Å². The van der Waals surface area contributed by atoms with E-state index in [4.69, 9.17) is 4.74 Å². The van der Waals surface area contributed by atoms with Crippen LogP contribution in [0.3, 0.4) is 0 Å². The summed E-state index contributed by atoms with van der Waals surface area (Å²) in [4.78, 5) is 28.6. The molecule has 1 aliphatic rings. The Kier molecular flexibility index (Phi) is 7.91. The Morgan fingerprint density at radius 1 is 1.19 bits per heavy atom. The first-order valence-electron chi connectivity index (χ1n) is 9.45. The third-order valence-electron chi connectivity index (χ3n) is 5.04.